The molecule has 1 aromatic heterocycles. The van der Waals surface area contributed by atoms with Crippen molar-refractivity contribution in [2.75, 3.05) is 7.11 Å². The van der Waals surface area contributed by atoms with Crippen LogP contribution in [0, 0.1) is 0 Å². The van der Waals surface area contributed by atoms with Crippen molar-refractivity contribution in [3.05, 3.63) is 72.2 Å². The second-order valence-corrected chi connectivity index (χ2v) is 6.33. The Morgan fingerprint density at radius 1 is 1.19 bits per heavy atom. The molecule has 3 rings (SSSR count). The van der Waals surface area contributed by atoms with Crippen LogP contribution in [0.4, 0.5) is 0 Å². The van der Waals surface area contributed by atoms with E-state index < -0.39 is 0 Å². The molecular weight excluding hydrogens is 326 g/mol. The van der Waals surface area contributed by atoms with Crippen molar-refractivity contribution in [3.8, 4) is 5.75 Å². The third kappa shape index (κ3) is 4.76. The number of carbonyl (C=O) groups is 1. The van der Waals surface area contributed by atoms with E-state index in [9.17, 15) is 4.79 Å². The minimum absolute atomic E-state index is 0.0846. The van der Waals surface area contributed by atoms with Gasteiger partial charge >= 0.3 is 0 Å². The molecule has 1 amide bonds. The number of benzene rings is 2. The summed E-state index contributed by atoms with van der Waals surface area (Å²) < 4.78 is 10.5. The van der Waals surface area contributed by atoms with Crippen LogP contribution in [0.15, 0.2) is 65.3 Å². The molecule has 0 aliphatic heterocycles. The lowest BCUT2D eigenvalue weighted by atomic mass is 10.1. The van der Waals surface area contributed by atoms with Crippen LogP contribution in [0.2, 0.25) is 0 Å². The Hall–Kier alpha value is -3.01. The van der Waals surface area contributed by atoms with E-state index in [4.69, 9.17) is 9.15 Å². The molecular formula is C22H23NO3. The van der Waals surface area contributed by atoms with Gasteiger partial charge in [-0.25, -0.2) is 0 Å². The lowest BCUT2D eigenvalue weighted by Crippen LogP contribution is -2.31. The summed E-state index contributed by atoms with van der Waals surface area (Å²) >= 11 is 0. The third-order valence-electron chi connectivity index (χ3n) is 4.29. The molecule has 4 heteroatoms. The fourth-order valence-electron chi connectivity index (χ4n) is 2.82. The number of rotatable bonds is 7. The first-order valence-corrected chi connectivity index (χ1v) is 8.73. The minimum atomic E-state index is -0.0910. The molecule has 0 aliphatic rings. The van der Waals surface area contributed by atoms with E-state index in [-0.39, 0.29) is 11.9 Å². The van der Waals surface area contributed by atoms with E-state index in [0.717, 1.165) is 40.7 Å². The standard InChI is InChI=1S/C22H23NO3/c1-16(5-10-20-4-3-13-26-20)23-22(24)12-7-17-6-8-19-15-21(25-2)11-9-18(19)14-17/h3-4,6-9,11-16H,5,10H2,1-2H3,(H,23,24)/b12-7+/t16-/m1/s1. The number of methoxy groups -OCH3 is 1. The van der Waals surface area contributed by atoms with Crippen LogP contribution in [0.25, 0.3) is 16.8 Å². The maximum atomic E-state index is 12.1. The van der Waals surface area contributed by atoms with E-state index in [2.05, 4.69) is 11.4 Å². The highest BCUT2D eigenvalue weighted by Crippen LogP contribution is 2.22. The lowest BCUT2D eigenvalue weighted by Gasteiger charge is -2.11. The van der Waals surface area contributed by atoms with E-state index >= 15 is 0 Å². The normalized spacial score (nSPS) is 12.4. The third-order valence-corrected chi connectivity index (χ3v) is 4.29. The summed E-state index contributed by atoms with van der Waals surface area (Å²) in [6.07, 6.45) is 6.73. The predicted molar refractivity (Wildman–Crippen MR) is 104 cm³/mol. The van der Waals surface area contributed by atoms with Gasteiger partial charge in [-0.05, 0) is 66.1 Å². The van der Waals surface area contributed by atoms with E-state index in [1.165, 1.54) is 0 Å². The summed E-state index contributed by atoms with van der Waals surface area (Å²) in [5.74, 6) is 1.69. The molecule has 0 bridgehead atoms. The summed E-state index contributed by atoms with van der Waals surface area (Å²) in [4.78, 5) is 12.1. The molecule has 0 saturated carbocycles. The van der Waals surface area contributed by atoms with Gasteiger partial charge in [0, 0.05) is 18.5 Å². The van der Waals surface area contributed by atoms with Gasteiger partial charge < -0.3 is 14.5 Å². The fourth-order valence-corrected chi connectivity index (χ4v) is 2.82. The maximum absolute atomic E-state index is 12.1. The number of carbonyl (C=O) groups excluding carboxylic acids is 1. The van der Waals surface area contributed by atoms with Crippen LogP contribution in [-0.4, -0.2) is 19.1 Å². The summed E-state index contributed by atoms with van der Waals surface area (Å²) in [6.45, 7) is 2.00. The molecule has 0 aliphatic carbocycles. The topological polar surface area (TPSA) is 51.5 Å². The molecule has 0 unspecified atom stereocenters. The van der Waals surface area contributed by atoms with Crippen LogP contribution < -0.4 is 10.1 Å². The molecule has 0 fully saturated rings. The number of furan rings is 1. The van der Waals surface area contributed by atoms with Crippen molar-refractivity contribution in [2.45, 2.75) is 25.8 Å². The quantitative estimate of drug-likeness (QED) is 0.635. The van der Waals surface area contributed by atoms with Crippen LogP contribution in [0.1, 0.15) is 24.7 Å². The summed E-state index contributed by atoms with van der Waals surface area (Å²) in [6, 6.07) is 15.9. The summed E-state index contributed by atoms with van der Waals surface area (Å²) in [5, 5.41) is 5.20. The number of aryl methyl sites for hydroxylation is 1. The first-order chi connectivity index (χ1) is 12.6. The van der Waals surface area contributed by atoms with Gasteiger partial charge in [0.1, 0.15) is 11.5 Å². The highest BCUT2D eigenvalue weighted by Gasteiger charge is 2.06. The van der Waals surface area contributed by atoms with Crippen LogP contribution in [0.5, 0.6) is 5.75 Å². The van der Waals surface area contributed by atoms with Gasteiger partial charge in [0.25, 0.3) is 0 Å². The van der Waals surface area contributed by atoms with E-state index in [1.54, 1.807) is 19.4 Å². The van der Waals surface area contributed by atoms with Crippen LogP contribution >= 0.6 is 0 Å². The molecule has 0 radical (unpaired) electrons. The molecule has 4 nitrogen and oxygen atoms in total. The van der Waals surface area contributed by atoms with Crippen molar-refractivity contribution in [1.82, 2.24) is 5.32 Å². The largest absolute Gasteiger partial charge is 0.497 e. The lowest BCUT2D eigenvalue weighted by molar-refractivity contribution is -0.117. The molecule has 1 heterocycles. The molecule has 0 saturated heterocycles. The monoisotopic (exact) mass is 349 g/mol. The molecule has 1 atom stereocenters. The molecule has 3 aromatic rings. The number of amides is 1. The summed E-state index contributed by atoms with van der Waals surface area (Å²) in [5.41, 5.74) is 0.987. The fraction of sp³-hybridized carbons (Fsp3) is 0.227. The predicted octanol–water partition coefficient (Wildman–Crippen LogP) is 4.59. The highest BCUT2D eigenvalue weighted by atomic mass is 16.5. The molecule has 134 valence electrons. The van der Waals surface area contributed by atoms with Crippen molar-refractivity contribution in [3.63, 3.8) is 0 Å². The number of nitrogens with one attached hydrogen (secondary N) is 1. The zero-order valence-corrected chi connectivity index (χ0v) is 15.1. The average molecular weight is 349 g/mol. The number of ether oxygens (including phenoxy) is 1. The van der Waals surface area contributed by atoms with Crippen molar-refractivity contribution >= 4 is 22.8 Å². The number of hydrogen-bond acceptors (Lipinski definition) is 3. The molecule has 0 spiro atoms. The maximum Gasteiger partial charge on any atom is 0.244 e. The van der Waals surface area contributed by atoms with Gasteiger partial charge in [0.05, 0.1) is 13.4 Å². The molecule has 1 N–H and O–H groups in total. The zero-order chi connectivity index (χ0) is 18.4. The van der Waals surface area contributed by atoms with E-state index in [1.807, 2.05) is 55.5 Å². The number of fused-ring (bicyclic) bond motifs is 1. The van der Waals surface area contributed by atoms with Crippen LogP contribution in [0.3, 0.4) is 0 Å². The SMILES string of the molecule is COc1ccc2cc(/C=C/C(=O)N[C@H](C)CCc3ccco3)ccc2c1. The zero-order valence-electron chi connectivity index (χ0n) is 15.1. The summed E-state index contributed by atoms with van der Waals surface area (Å²) in [7, 11) is 1.66. The van der Waals surface area contributed by atoms with Gasteiger partial charge in [-0.3, -0.25) is 4.79 Å². The van der Waals surface area contributed by atoms with Gasteiger partial charge in [0.2, 0.25) is 5.91 Å². The van der Waals surface area contributed by atoms with E-state index in [0.29, 0.717) is 0 Å². The molecule has 2 aromatic carbocycles. The van der Waals surface area contributed by atoms with Gasteiger partial charge in [-0.2, -0.15) is 0 Å². The van der Waals surface area contributed by atoms with Crippen molar-refractivity contribution < 1.29 is 13.9 Å². The Morgan fingerprint density at radius 2 is 2.00 bits per heavy atom. The average Bonchev–Trinajstić information content (AvgIpc) is 3.17. The number of hydrogen-bond donors (Lipinski definition) is 1. The minimum Gasteiger partial charge on any atom is -0.497 e. The Bertz CT molecular complexity index is 897. The van der Waals surface area contributed by atoms with Gasteiger partial charge in [-0.1, -0.05) is 18.2 Å². The second-order valence-electron chi connectivity index (χ2n) is 6.33. The second kappa shape index (κ2) is 8.39. The smallest absolute Gasteiger partial charge is 0.244 e. The highest BCUT2D eigenvalue weighted by molar-refractivity contribution is 5.93. The van der Waals surface area contributed by atoms with Crippen LogP contribution in [-0.2, 0) is 11.2 Å². The molecule has 26 heavy (non-hydrogen) atoms. The Labute approximate surface area is 153 Å². The van der Waals surface area contributed by atoms with Gasteiger partial charge in [-0.15, -0.1) is 0 Å². The Balaban J connectivity index is 1.56. The Kier molecular flexibility index (Phi) is 5.74. The first-order valence-electron chi connectivity index (χ1n) is 8.73. The first kappa shape index (κ1) is 17.8. The Morgan fingerprint density at radius 3 is 2.77 bits per heavy atom. The van der Waals surface area contributed by atoms with Crippen molar-refractivity contribution in [1.29, 1.82) is 0 Å². The van der Waals surface area contributed by atoms with Crippen molar-refractivity contribution in [2.24, 2.45) is 0 Å². The van der Waals surface area contributed by atoms with Gasteiger partial charge in [0.15, 0.2) is 0 Å².